The van der Waals surface area contributed by atoms with Gasteiger partial charge in [0.05, 0.1) is 25.4 Å². The normalized spacial score (nSPS) is 20.3. The lowest BCUT2D eigenvalue weighted by Gasteiger charge is -2.29. The van der Waals surface area contributed by atoms with Crippen LogP contribution in [-0.4, -0.2) is 29.9 Å². The third-order valence-corrected chi connectivity index (χ3v) is 7.17. The molecule has 2 fully saturated rings. The Kier molecular flexibility index (Phi) is 6.73. The Morgan fingerprint density at radius 3 is 2.05 bits per heavy atom. The minimum absolute atomic E-state index is 0.211. The van der Waals surface area contributed by atoms with E-state index in [1.807, 2.05) is 109 Å². The number of methoxy groups -OCH3 is 1. The Morgan fingerprint density at radius 1 is 0.744 bits per heavy atom. The first-order valence-electron chi connectivity index (χ1n) is 12.9. The first kappa shape index (κ1) is 24.7. The third kappa shape index (κ3) is 4.73. The number of hydroxylamine groups is 1. The standard InChI is InChI=1S/C32H28N2O5/c1-37-27-19-24(17-18-26(27)38-21-23-13-7-3-8-14-23)29-28-30(39-34(29)25-15-9-4-10-16-25)32(36)33(31(28)35)20-22-11-5-2-6-12-22/h2-19,28-30H,20-21H2,1H3/t28-,29+,30+/m0/s1. The molecule has 0 saturated carbocycles. The molecule has 0 aliphatic carbocycles. The molecule has 2 aliphatic rings. The van der Waals surface area contributed by atoms with Gasteiger partial charge in [0, 0.05) is 0 Å². The summed E-state index contributed by atoms with van der Waals surface area (Å²) in [5.41, 5.74) is 3.48. The number of carbonyl (C=O) groups is 2. The molecule has 0 bridgehead atoms. The largest absolute Gasteiger partial charge is 0.493 e. The van der Waals surface area contributed by atoms with Crippen molar-refractivity contribution in [2.24, 2.45) is 5.92 Å². The van der Waals surface area contributed by atoms with Crippen LogP contribution in [0.4, 0.5) is 5.69 Å². The summed E-state index contributed by atoms with van der Waals surface area (Å²) in [6, 6.07) is 34.0. The van der Waals surface area contributed by atoms with Gasteiger partial charge >= 0.3 is 0 Å². The molecule has 2 aliphatic heterocycles. The van der Waals surface area contributed by atoms with E-state index in [1.165, 1.54) is 4.90 Å². The zero-order chi connectivity index (χ0) is 26.8. The van der Waals surface area contributed by atoms with Crippen LogP contribution in [0.15, 0.2) is 109 Å². The van der Waals surface area contributed by atoms with Gasteiger partial charge in [-0.3, -0.25) is 19.3 Å². The quantitative estimate of drug-likeness (QED) is 0.293. The van der Waals surface area contributed by atoms with Gasteiger partial charge in [-0.25, -0.2) is 5.06 Å². The number of rotatable bonds is 8. The van der Waals surface area contributed by atoms with Crippen LogP contribution in [0.2, 0.25) is 0 Å². The first-order chi connectivity index (χ1) is 19.1. The number of hydrogen-bond donors (Lipinski definition) is 0. The summed E-state index contributed by atoms with van der Waals surface area (Å²) in [5.74, 6) is -0.154. The van der Waals surface area contributed by atoms with E-state index in [4.69, 9.17) is 14.3 Å². The summed E-state index contributed by atoms with van der Waals surface area (Å²) in [7, 11) is 1.59. The third-order valence-electron chi connectivity index (χ3n) is 7.17. The molecule has 7 heteroatoms. The van der Waals surface area contributed by atoms with Crippen molar-refractivity contribution in [1.29, 1.82) is 0 Å². The number of anilines is 1. The second kappa shape index (κ2) is 10.6. The average molecular weight is 521 g/mol. The molecule has 2 amide bonds. The van der Waals surface area contributed by atoms with E-state index in [-0.39, 0.29) is 18.4 Å². The number of amides is 2. The number of fused-ring (bicyclic) bond motifs is 1. The molecular formula is C32H28N2O5. The van der Waals surface area contributed by atoms with Crippen molar-refractivity contribution >= 4 is 17.5 Å². The molecular weight excluding hydrogens is 492 g/mol. The van der Waals surface area contributed by atoms with Crippen molar-refractivity contribution in [2.75, 3.05) is 12.2 Å². The number of hydrogen-bond acceptors (Lipinski definition) is 6. The minimum atomic E-state index is -0.911. The van der Waals surface area contributed by atoms with Crippen LogP contribution in [0.1, 0.15) is 22.7 Å². The fourth-order valence-corrected chi connectivity index (χ4v) is 5.25. The van der Waals surface area contributed by atoms with E-state index in [1.54, 1.807) is 12.2 Å². The van der Waals surface area contributed by atoms with Crippen molar-refractivity contribution in [2.45, 2.75) is 25.3 Å². The van der Waals surface area contributed by atoms with E-state index in [0.717, 1.165) is 22.4 Å². The average Bonchev–Trinajstić information content (AvgIpc) is 3.49. The maximum atomic E-state index is 13.8. The number of ether oxygens (including phenoxy) is 2. The van der Waals surface area contributed by atoms with Crippen molar-refractivity contribution in [3.63, 3.8) is 0 Å². The van der Waals surface area contributed by atoms with Crippen molar-refractivity contribution in [1.82, 2.24) is 4.90 Å². The van der Waals surface area contributed by atoms with E-state index in [2.05, 4.69) is 0 Å². The molecule has 0 radical (unpaired) electrons. The van der Waals surface area contributed by atoms with Gasteiger partial charge in [-0.2, -0.15) is 0 Å². The lowest BCUT2D eigenvalue weighted by molar-refractivity contribution is -0.143. The Hall–Kier alpha value is -4.62. The van der Waals surface area contributed by atoms with Gasteiger partial charge in [0.2, 0.25) is 5.91 Å². The summed E-state index contributed by atoms with van der Waals surface area (Å²) >= 11 is 0. The monoisotopic (exact) mass is 520 g/mol. The van der Waals surface area contributed by atoms with E-state index >= 15 is 0 Å². The molecule has 0 spiro atoms. The SMILES string of the molecule is COc1cc([C@@H]2[C@@H]3C(=O)N(Cc4ccccc4)C(=O)[C@@H]3ON2c2ccccc2)ccc1OCc1ccccc1. The highest BCUT2D eigenvalue weighted by Crippen LogP contribution is 2.48. The van der Waals surface area contributed by atoms with Crippen LogP contribution in [0.3, 0.4) is 0 Å². The molecule has 0 unspecified atom stereocenters. The second-order valence-corrected chi connectivity index (χ2v) is 9.59. The molecule has 6 rings (SSSR count). The molecule has 4 aromatic rings. The van der Waals surface area contributed by atoms with Gasteiger partial charge in [0.25, 0.3) is 5.91 Å². The molecule has 4 aromatic carbocycles. The predicted molar refractivity (Wildman–Crippen MR) is 146 cm³/mol. The van der Waals surface area contributed by atoms with E-state index < -0.39 is 18.1 Å². The van der Waals surface area contributed by atoms with Crippen LogP contribution >= 0.6 is 0 Å². The summed E-state index contributed by atoms with van der Waals surface area (Å²) < 4.78 is 11.7. The fraction of sp³-hybridized carbons (Fsp3) is 0.188. The van der Waals surface area contributed by atoms with Gasteiger partial charge in [-0.15, -0.1) is 0 Å². The van der Waals surface area contributed by atoms with Gasteiger partial charge < -0.3 is 9.47 Å². The van der Waals surface area contributed by atoms with Crippen molar-refractivity contribution in [3.05, 3.63) is 126 Å². The van der Waals surface area contributed by atoms with Crippen molar-refractivity contribution in [3.8, 4) is 11.5 Å². The molecule has 0 N–H and O–H groups in total. The number of benzene rings is 4. The number of carbonyl (C=O) groups excluding carboxylic acids is 2. The fourth-order valence-electron chi connectivity index (χ4n) is 5.25. The molecule has 196 valence electrons. The van der Waals surface area contributed by atoms with Crippen LogP contribution < -0.4 is 14.5 Å². The predicted octanol–water partition coefficient (Wildman–Crippen LogP) is 5.32. The smallest absolute Gasteiger partial charge is 0.262 e. The van der Waals surface area contributed by atoms with Gasteiger partial charge in [-0.05, 0) is 41.0 Å². The Labute approximate surface area is 227 Å². The maximum Gasteiger partial charge on any atom is 0.262 e. The summed E-state index contributed by atoms with van der Waals surface area (Å²) in [6.07, 6.45) is -0.911. The number of imide groups is 1. The number of para-hydroxylation sites is 1. The first-order valence-corrected chi connectivity index (χ1v) is 12.9. The topological polar surface area (TPSA) is 68.3 Å². The van der Waals surface area contributed by atoms with Crippen LogP contribution in [0.25, 0.3) is 0 Å². The summed E-state index contributed by atoms with van der Waals surface area (Å²) in [5, 5.41) is 1.68. The summed E-state index contributed by atoms with van der Waals surface area (Å²) in [4.78, 5) is 34.8. The lowest BCUT2D eigenvalue weighted by atomic mass is 9.90. The lowest BCUT2D eigenvalue weighted by Crippen LogP contribution is -2.36. The minimum Gasteiger partial charge on any atom is -0.493 e. The zero-order valence-corrected chi connectivity index (χ0v) is 21.5. The van der Waals surface area contributed by atoms with Gasteiger partial charge in [0.1, 0.15) is 12.5 Å². The second-order valence-electron chi connectivity index (χ2n) is 9.59. The molecule has 2 heterocycles. The zero-order valence-electron chi connectivity index (χ0n) is 21.5. The molecule has 2 saturated heterocycles. The van der Waals surface area contributed by atoms with Crippen molar-refractivity contribution < 1.29 is 23.9 Å². The number of likely N-dealkylation sites (tertiary alicyclic amines) is 1. The van der Waals surface area contributed by atoms with Gasteiger partial charge in [0.15, 0.2) is 17.6 Å². The summed E-state index contributed by atoms with van der Waals surface area (Å²) in [6.45, 7) is 0.605. The Morgan fingerprint density at radius 2 is 1.38 bits per heavy atom. The van der Waals surface area contributed by atoms with Gasteiger partial charge in [-0.1, -0.05) is 84.9 Å². The van der Waals surface area contributed by atoms with E-state index in [0.29, 0.717) is 18.1 Å². The van der Waals surface area contributed by atoms with Crippen LogP contribution in [-0.2, 0) is 27.6 Å². The molecule has 0 aromatic heterocycles. The highest BCUT2D eigenvalue weighted by Gasteiger charge is 2.59. The number of nitrogens with zero attached hydrogens (tertiary/aromatic N) is 2. The Balaban J connectivity index is 1.33. The molecule has 3 atom stereocenters. The maximum absolute atomic E-state index is 13.8. The van der Waals surface area contributed by atoms with Crippen LogP contribution in [0.5, 0.6) is 11.5 Å². The Bertz CT molecular complexity index is 1460. The molecule has 7 nitrogen and oxygen atoms in total. The highest BCUT2D eigenvalue weighted by atomic mass is 16.7. The van der Waals surface area contributed by atoms with Crippen LogP contribution in [0, 0.1) is 5.92 Å². The highest BCUT2D eigenvalue weighted by molar-refractivity contribution is 6.07. The molecule has 39 heavy (non-hydrogen) atoms. The van der Waals surface area contributed by atoms with E-state index in [9.17, 15) is 9.59 Å².